The molecule has 1 saturated heterocycles. The Kier molecular flexibility index (Phi) is 3.16. The van der Waals surface area contributed by atoms with E-state index >= 15 is 0 Å². The summed E-state index contributed by atoms with van der Waals surface area (Å²) >= 11 is 0. The molecule has 0 aliphatic carbocycles. The highest BCUT2D eigenvalue weighted by molar-refractivity contribution is 5.46. The largest absolute Gasteiger partial charge is 0.355 e. The van der Waals surface area contributed by atoms with Crippen LogP contribution in [0.4, 0.5) is 5.82 Å². The maximum atomic E-state index is 5.69. The van der Waals surface area contributed by atoms with E-state index < -0.39 is 0 Å². The van der Waals surface area contributed by atoms with Gasteiger partial charge >= 0.3 is 0 Å². The molecule has 1 unspecified atom stereocenters. The molecular weight excluding hydrogens is 188 g/mol. The second-order valence-electron chi connectivity index (χ2n) is 4.09. The molecule has 4 nitrogen and oxygen atoms in total. The second-order valence-corrected chi connectivity index (χ2v) is 4.09. The van der Waals surface area contributed by atoms with Crippen molar-refractivity contribution in [1.82, 2.24) is 10.2 Å². The van der Waals surface area contributed by atoms with Crippen LogP contribution in [-0.4, -0.2) is 23.3 Å². The molecule has 2 N–H and O–H groups in total. The third-order valence-corrected chi connectivity index (χ3v) is 3.16. The van der Waals surface area contributed by atoms with Crippen molar-refractivity contribution in [3.63, 3.8) is 0 Å². The SMILES string of the molecule is CCC1CCN(c2nnccc2CN)C1. The maximum Gasteiger partial charge on any atom is 0.155 e. The number of nitrogens with zero attached hydrogens (tertiary/aromatic N) is 3. The molecule has 0 saturated carbocycles. The standard InChI is InChI=1S/C11H18N4/c1-2-9-4-6-15(8-9)11-10(7-12)3-5-13-14-11/h3,5,9H,2,4,6-8,12H2,1H3. The summed E-state index contributed by atoms with van der Waals surface area (Å²) in [6.45, 7) is 4.97. The molecule has 1 aromatic heterocycles. The number of nitrogens with two attached hydrogens (primary N) is 1. The Hall–Kier alpha value is -1.16. The summed E-state index contributed by atoms with van der Waals surface area (Å²) in [6, 6.07) is 1.96. The van der Waals surface area contributed by atoms with E-state index in [1.807, 2.05) is 6.07 Å². The van der Waals surface area contributed by atoms with Gasteiger partial charge in [-0.1, -0.05) is 13.3 Å². The predicted molar refractivity (Wildman–Crippen MR) is 60.5 cm³/mol. The van der Waals surface area contributed by atoms with Crippen LogP contribution in [-0.2, 0) is 6.54 Å². The van der Waals surface area contributed by atoms with Gasteiger partial charge in [0.2, 0.25) is 0 Å². The lowest BCUT2D eigenvalue weighted by molar-refractivity contribution is 0.568. The van der Waals surface area contributed by atoms with Gasteiger partial charge in [-0.25, -0.2) is 0 Å². The molecule has 82 valence electrons. The average Bonchev–Trinajstić information content (AvgIpc) is 2.77. The minimum absolute atomic E-state index is 0.540. The summed E-state index contributed by atoms with van der Waals surface area (Å²) < 4.78 is 0. The smallest absolute Gasteiger partial charge is 0.155 e. The molecular formula is C11H18N4. The third-order valence-electron chi connectivity index (χ3n) is 3.16. The fraction of sp³-hybridized carbons (Fsp3) is 0.636. The minimum atomic E-state index is 0.540. The second kappa shape index (κ2) is 4.57. The van der Waals surface area contributed by atoms with Crippen molar-refractivity contribution >= 4 is 5.82 Å². The molecule has 0 aromatic carbocycles. The molecule has 2 rings (SSSR count). The Morgan fingerprint density at radius 3 is 3.13 bits per heavy atom. The lowest BCUT2D eigenvalue weighted by Crippen LogP contribution is -2.23. The zero-order valence-corrected chi connectivity index (χ0v) is 9.19. The van der Waals surface area contributed by atoms with Gasteiger partial charge in [0.1, 0.15) is 0 Å². The Labute approximate surface area is 90.5 Å². The quantitative estimate of drug-likeness (QED) is 0.806. The van der Waals surface area contributed by atoms with Crippen LogP contribution in [0, 0.1) is 5.92 Å². The topological polar surface area (TPSA) is 55.0 Å². The van der Waals surface area contributed by atoms with Gasteiger partial charge in [-0.05, 0) is 18.4 Å². The van der Waals surface area contributed by atoms with Crippen LogP contribution < -0.4 is 10.6 Å². The van der Waals surface area contributed by atoms with Crippen molar-refractivity contribution in [2.75, 3.05) is 18.0 Å². The average molecular weight is 206 g/mol. The Morgan fingerprint density at radius 1 is 1.60 bits per heavy atom. The fourth-order valence-corrected chi connectivity index (χ4v) is 2.13. The van der Waals surface area contributed by atoms with E-state index in [2.05, 4.69) is 22.0 Å². The monoisotopic (exact) mass is 206 g/mol. The molecule has 0 radical (unpaired) electrons. The summed E-state index contributed by atoms with van der Waals surface area (Å²) in [4.78, 5) is 2.31. The molecule has 4 heteroatoms. The van der Waals surface area contributed by atoms with Gasteiger partial charge in [-0.15, -0.1) is 5.10 Å². The van der Waals surface area contributed by atoms with Crippen LogP contribution in [0.25, 0.3) is 0 Å². The molecule has 1 fully saturated rings. The first kappa shape index (κ1) is 10.4. The highest BCUT2D eigenvalue weighted by atomic mass is 15.3. The van der Waals surface area contributed by atoms with E-state index in [4.69, 9.17) is 5.73 Å². The normalized spacial score (nSPS) is 20.9. The minimum Gasteiger partial charge on any atom is -0.355 e. The first-order chi connectivity index (χ1) is 7.35. The first-order valence-electron chi connectivity index (χ1n) is 5.60. The molecule has 15 heavy (non-hydrogen) atoms. The van der Waals surface area contributed by atoms with Gasteiger partial charge in [-0.3, -0.25) is 0 Å². The molecule has 1 atom stereocenters. The lowest BCUT2D eigenvalue weighted by atomic mass is 10.1. The number of hydrogen-bond acceptors (Lipinski definition) is 4. The van der Waals surface area contributed by atoms with Crippen LogP contribution in [0.1, 0.15) is 25.3 Å². The van der Waals surface area contributed by atoms with E-state index in [0.717, 1.165) is 30.4 Å². The summed E-state index contributed by atoms with van der Waals surface area (Å²) in [6.07, 6.45) is 4.21. The van der Waals surface area contributed by atoms with E-state index in [1.165, 1.54) is 12.8 Å². The zero-order chi connectivity index (χ0) is 10.7. The van der Waals surface area contributed by atoms with Gasteiger partial charge in [0, 0.05) is 25.2 Å². The molecule has 0 bridgehead atoms. The maximum absolute atomic E-state index is 5.69. The van der Waals surface area contributed by atoms with Gasteiger partial charge in [0.15, 0.2) is 5.82 Å². The molecule has 2 heterocycles. The van der Waals surface area contributed by atoms with Crippen LogP contribution in [0.2, 0.25) is 0 Å². The summed E-state index contributed by atoms with van der Waals surface area (Å²) in [5, 5.41) is 8.14. The van der Waals surface area contributed by atoms with Gasteiger partial charge < -0.3 is 10.6 Å². The van der Waals surface area contributed by atoms with Crippen molar-refractivity contribution in [2.24, 2.45) is 11.7 Å². The zero-order valence-electron chi connectivity index (χ0n) is 9.19. The summed E-state index contributed by atoms with van der Waals surface area (Å²) in [5.74, 6) is 1.79. The van der Waals surface area contributed by atoms with Crippen molar-refractivity contribution in [2.45, 2.75) is 26.3 Å². The van der Waals surface area contributed by atoms with Gasteiger partial charge in [0.25, 0.3) is 0 Å². The van der Waals surface area contributed by atoms with Crippen LogP contribution in [0.3, 0.4) is 0 Å². The number of aromatic nitrogens is 2. The van der Waals surface area contributed by atoms with Gasteiger partial charge in [-0.2, -0.15) is 5.10 Å². The van der Waals surface area contributed by atoms with Crippen molar-refractivity contribution in [1.29, 1.82) is 0 Å². The number of rotatable bonds is 3. The Bertz CT molecular complexity index is 326. The van der Waals surface area contributed by atoms with Crippen LogP contribution in [0.5, 0.6) is 0 Å². The number of hydrogen-bond donors (Lipinski definition) is 1. The number of anilines is 1. The third kappa shape index (κ3) is 2.09. The molecule has 0 amide bonds. The first-order valence-corrected chi connectivity index (χ1v) is 5.60. The fourth-order valence-electron chi connectivity index (χ4n) is 2.13. The highest BCUT2D eigenvalue weighted by Crippen LogP contribution is 2.25. The van der Waals surface area contributed by atoms with E-state index in [9.17, 15) is 0 Å². The van der Waals surface area contributed by atoms with Crippen molar-refractivity contribution < 1.29 is 0 Å². The Balaban J connectivity index is 2.16. The highest BCUT2D eigenvalue weighted by Gasteiger charge is 2.23. The molecule has 1 aliphatic rings. The van der Waals surface area contributed by atoms with Crippen molar-refractivity contribution in [3.05, 3.63) is 17.8 Å². The van der Waals surface area contributed by atoms with Gasteiger partial charge in [0.05, 0.1) is 6.20 Å². The molecule has 1 aliphatic heterocycles. The molecule has 1 aromatic rings. The van der Waals surface area contributed by atoms with E-state index in [0.29, 0.717) is 6.54 Å². The lowest BCUT2D eigenvalue weighted by Gasteiger charge is -2.19. The van der Waals surface area contributed by atoms with E-state index in [1.54, 1.807) is 6.20 Å². The molecule has 0 spiro atoms. The Morgan fingerprint density at radius 2 is 2.47 bits per heavy atom. The van der Waals surface area contributed by atoms with E-state index in [-0.39, 0.29) is 0 Å². The predicted octanol–water partition coefficient (Wildman–Crippen LogP) is 1.17. The van der Waals surface area contributed by atoms with Crippen LogP contribution in [0.15, 0.2) is 12.3 Å². The summed E-state index contributed by atoms with van der Waals surface area (Å²) in [5.41, 5.74) is 6.79. The van der Waals surface area contributed by atoms with Crippen molar-refractivity contribution in [3.8, 4) is 0 Å². The van der Waals surface area contributed by atoms with Crippen LogP contribution >= 0.6 is 0 Å². The summed E-state index contributed by atoms with van der Waals surface area (Å²) in [7, 11) is 0.